The van der Waals surface area contributed by atoms with Crippen LogP contribution in [-0.4, -0.2) is 16.6 Å². The summed E-state index contributed by atoms with van der Waals surface area (Å²) in [5.41, 5.74) is -0.309. The number of halogens is 1. The normalized spacial score (nSPS) is 10.6. The minimum Gasteiger partial charge on any atom is -0.507 e. The highest BCUT2D eigenvalue weighted by Gasteiger charge is 2.18. The van der Waals surface area contributed by atoms with Crippen LogP contribution in [0.3, 0.4) is 0 Å². The summed E-state index contributed by atoms with van der Waals surface area (Å²) in [5.74, 6) is 2.27. The second-order valence-electron chi connectivity index (χ2n) is 3.89. The number of terminal acetylenes is 1. The molecule has 16 heavy (non-hydrogen) atoms. The van der Waals surface area contributed by atoms with Gasteiger partial charge in [0.15, 0.2) is 0 Å². The van der Waals surface area contributed by atoms with Gasteiger partial charge in [-0.3, -0.25) is 4.79 Å². The van der Waals surface area contributed by atoms with E-state index in [2.05, 4.69) is 11.2 Å². The quantitative estimate of drug-likeness (QED) is 0.645. The monoisotopic (exact) mass is 329 g/mol. The zero-order valence-electron chi connectivity index (χ0n) is 9.04. The molecule has 1 aromatic carbocycles. The molecular weight excluding hydrogens is 317 g/mol. The summed E-state index contributed by atoms with van der Waals surface area (Å²) in [5, 5.41) is 12.2. The van der Waals surface area contributed by atoms with Crippen LogP contribution in [0.4, 0.5) is 0 Å². The van der Waals surface area contributed by atoms with Gasteiger partial charge in [-0.1, -0.05) is 5.92 Å². The fourth-order valence-electron chi connectivity index (χ4n) is 1.05. The average molecular weight is 329 g/mol. The highest BCUT2D eigenvalue weighted by molar-refractivity contribution is 14.1. The number of hydrogen-bond acceptors (Lipinski definition) is 2. The molecule has 4 heteroatoms. The SMILES string of the molecule is C#CC(C)(C)NC(=O)c1ccc(I)c(O)c1. The molecular formula is C12H12INO2. The number of phenols is 1. The molecule has 0 aromatic heterocycles. The van der Waals surface area contributed by atoms with Crippen LogP contribution in [0.5, 0.6) is 5.75 Å². The summed E-state index contributed by atoms with van der Waals surface area (Å²) < 4.78 is 0.699. The maximum absolute atomic E-state index is 11.8. The van der Waals surface area contributed by atoms with Crippen LogP contribution in [-0.2, 0) is 0 Å². The van der Waals surface area contributed by atoms with E-state index in [4.69, 9.17) is 6.42 Å². The molecule has 0 aliphatic carbocycles. The predicted molar refractivity (Wildman–Crippen MR) is 71.2 cm³/mol. The minimum absolute atomic E-state index is 0.0896. The van der Waals surface area contributed by atoms with Crippen LogP contribution in [0.2, 0.25) is 0 Å². The Morgan fingerprint density at radius 2 is 2.19 bits per heavy atom. The van der Waals surface area contributed by atoms with E-state index in [-0.39, 0.29) is 11.7 Å². The number of nitrogens with one attached hydrogen (secondary N) is 1. The molecule has 1 amide bonds. The molecule has 0 fully saturated rings. The maximum atomic E-state index is 11.8. The van der Waals surface area contributed by atoms with Gasteiger partial charge in [-0.2, -0.15) is 0 Å². The van der Waals surface area contributed by atoms with Crippen LogP contribution in [0.15, 0.2) is 18.2 Å². The minimum atomic E-state index is -0.699. The van der Waals surface area contributed by atoms with Gasteiger partial charge in [0.05, 0.1) is 9.11 Å². The average Bonchev–Trinajstić information content (AvgIpc) is 2.21. The zero-order chi connectivity index (χ0) is 12.3. The summed E-state index contributed by atoms with van der Waals surface area (Å²) in [6.45, 7) is 3.47. The molecule has 0 spiro atoms. The van der Waals surface area contributed by atoms with Gasteiger partial charge in [0.25, 0.3) is 5.91 Å². The van der Waals surface area contributed by atoms with Gasteiger partial charge in [-0.25, -0.2) is 0 Å². The lowest BCUT2D eigenvalue weighted by Gasteiger charge is -2.19. The molecule has 0 heterocycles. The molecule has 84 valence electrons. The molecule has 0 aliphatic heterocycles. The summed E-state index contributed by atoms with van der Waals surface area (Å²) in [7, 11) is 0. The Morgan fingerprint density at radius 3 is 2.69 bits per heavy atom. The van der Waals surface area contributed by atoms with Crippen molar-refractivity contribution in [1.29, 1.82) is 0 Å². The van der Waals surface area contributed by atoms with Crippen molar-refractivity contribution >= 4 is 28.5 Å². The molecule has 1 rings (SSSR count). The van der Waals surface area contributed by atoms with Crippen molar-refractivity contribution in [3.8, 4) is 18.1 Å². The molecule has 0 unspecified atom stereocenters. The number of carbonyl (C=O) groups is 1. The number of amides is 1. The van der Waals surface area contributed by atoms with Gasteiger partial charge in [0.2, 0.25) is 0 Å². The second-order valence-corrected chi connectivity index (χ2v) is 5.05. The van der Waals surface area contributed by atoms with Crippen molar-refractivity contribution in [2.24, 2.45) is 0 Å². The number of hydrogen-bond donors (Lipinski definition) is 2. The maximum Gasteiger partial charge on any atom is 0.252 e. The molecule has 0 atom stereocenters. The fraction of sp³-hybridized carbons (Fsp3) is 0.250. The smallest absolute Gasteiger partial charge is 0.252 e. The number of benzene rings is 1. The lowest BCUT2D eigenvalue weighted by Crippen LogP contribution is -2.42. The Hall–Kier alpha value is -1.22. The Morgan fingerprint density at radius 1 is 1.56 bits per heavy atom. The molecule has 0 saturated carbocycles. The van der Waals surface area contributed by atoms with Crippen LogP contribution < -0.4 is 5.32 Å². The van der Waals surface area contributed by atoms with Gasteiger partial charge in [0.1, 0.15) is 5.75 Å². The summed E-state index contributed by atoms with van der Waals surface area (Å²) in [6, 6.07) is 4.74. The van der Waals surface area contributed by atoms with Crippen molar-refractivity contribution in [3.05, 3.63) is 27.3 Å². The summed E-state index contributed by atoms with van der Waals surface area (Å²) in [6.07, 6.45) is 5.27. The van der Waals surface area contributed by atoms with Gasteiger partial charge in [-0.05, 0) is 54.6 Å². The zero-order valence-corrected chi connectivity index (χ0v) is 11.2. The first-order chi connectivity index (χ1) is 7.35. The van der Waals surface area contributed by atoms with Crippen molar-refractivity contribution in [2.45, 2.75) is 19.4 Å². The van der Waals surface area contributed by atoms with E-state index in [0.717, 1.165) is 0 Å². The van der Waals surface area contributed by atoms with E-state index in [1.54, 1.807) is 26.0 Å². The Bertz CT molecular complexity index is 461. The molecule has 1 aromatic rings. The number of carbonyl (C=O) groups excluding carboxylic acids is 1. The van der Waals surface area contributed by atoms with Crippen LogP contribution in [0, 0.1) is 15.9 Å². The number of rotatable bonds is 2. The van der Waals surface area contributed by atoms with Crippen molar-refractivity contribution in [1.82, 2.24) is 5.32 Å². The number of phenolic OH excluding ortho intramolecular Hbond substituents is 1. The topological polar surface area (TPSA) is 49.3 Å². The largest absolute Gasteiger partial charge is 0.507 e. The summed E-state index contributed by atoms with van der Waals surface area (Å²) in [4.78, 5) is 11.8. The molecule has 2 N–H and O–H groups in total. The van der Waals surface area contributed by atoms with E-state index < -0.39 is 5.54 Å². The highest BCUT2D eigenvalue weighted by Crippen LogP contribution is 2.20. The third kappa shape index (κ3) is 3.14. The van der Waals surface area contributed by atoms with E-state index in [1.165, 1.54) is 6.07 Å². The van der Waals surface area contributed by atoms with Gasteiger partial charge < -0.3 is 10.4 Å². The van der Waals surface area contributed by atoms with Gasteiger partial charge >= 0.3 is 0 Å². The molecule has 0 radical (unpaired) electrons. The van der Waals surface area contributed by atoms with Crippen molar-refractivity contribution in [2.75, 3.05) is 0 Å². The van der Waals surface area contributed by atoms with E-state index in [0.29, 0.717) is 9.13 Å². The third-order valence-corrected chi connectivity index (χ3v) is 2.91. The van der Waals surface area contributed by atoms with E-state index in [9.17, 15) is 9.90 Å². The summed E-state index contributed by atoms with van der Waals surface area (Å²) >= 11 is 1.99. The Balaban J connectivity index is 2.91. The van der Waals surface area contributed by atoms with Crippen molar-refractivity contribution in [3.63, 3.8) is 0 Å². The van der Waals surface area contributed by atoms with Crippen molar-refractivity contribution < 1.29 is 9.90 Å². The second kappa shape index (κ2) is 4.74. The first kappa shape index (κ1) is 12.8. The Labute approximate surface area is 108 Å². The van der Waals surface area contributed by atoms with Crippen LogP contribution in [0.25, 0.3) is 0 Å². The van der Waals surface area contributed by atoms with Crippen LogP contribution in [0.1, 0.15) is 24.2 Å². The molecule has 3 nitrogen and oxygen atoms in total. The fourth-order valence-corrected chi connectivity index (χ4v) is 1.38. The number of aromatic hydroxyl groups is 1. The standard InChI is InChI=1S/C12H12INO2/c1-4-12(2,3)14-11(16)8-5-6-9(13)10(15)7-8/h1,5-7,15H,2-3H3,(H,14,16). The molecule has 0 aliphatic rings. The third-order valence-electron chi connectivity index (χ3n) is 2.00. The lowest BCUT2D eigenvalue weighted by molar-refractivity contribution is 0.0929. The highest BCUT2D eigenvalue weighted by atomic mass is 127. The Kier molecular flexibility index (Phi) is 3.81. The molecule has 0 bridgehead atoms. The van der Waals surface area contributed by atoms with Crippen LogP contribution >= 0.6 is 22.6 Å². The first-order valence-corrected chi connectivity index (χ1v) is 5.72. The lowest BCUT2D eigenvalue weighted by atomic mass is 10.1. The van der Waals surface area contributed by atoms with E-state index in [1.807, 2.05) is 22.6 Å². The molecule has 0 saturated heterocycles. The van der Waals surface area contributed by atoms with Gasteiger partial charge in [-0.15, -0.1) is 6.42 Å². The van der Waals surface area contributed by atoms with E-state index >= 15 is 0 Å². The first-order valence-electron chi connectivity index (χ1n) is 4.64. The predicted octanol–water partition coefficient (Wildman–Crippen LogP) is 2.14. The van der Waals surface area contributed by atoms with Gasteiger partial charge in [0, 0.05) is 5.56 Å².